The Morgan fingerprint density at radius 1 is 1.24 bits per heavy atom. The molecule has 1 N–H and O–H groups in total. The van der Waals surface area contributed by atoms with Gasteiger partial charge < -0.3 is 19.4 Å². The molecule has 0 saturated carbocycles. The molecule has 0 aliphatic heterocycles. The second-order valence-corrected chi connectivity index (χ2v) is 7.24. The summed E-state index contributed by atoms with van der Waals surface area (Å²) in [5, 5.41) is 11.5. The number of benzene rings is 2. The maximum Gasteiger partial charge on any atom is 0.234 e. The number of para-hydroxylation sites is 2. The van der Waals surface area contributed by atoms with E-state index in [0.717, 1.165) is 6.07 Å². The van der Waals surface area contributed by atoms with Gasteiger partial charge in [0, 0.05) is 12.1 Å². The van der Waals surface area contributed by atoms with Gasteiger partial charge in [-0.15, -0.1) is 10.2 Å². The Morgan fingerprint density at radius 3 is 2.72 bits per heavy atom. The second-order valence-electron chi connectivity index (χ2n) is 5.86. The lowest BCUT2D eigenvalue weighted by Crippen LogP contribution is -2.15. The Balaban J connectivity index is 1.56. The summed E-state index contributed by atoms with van der Waals surface area (Å²) in [5.74, 6) is 0.882. The third-order valence-electron chi connectivity index (χ3n) is 3.89. The third kappa shape index (κ3) is 5.39. The fourth-order valence-electron chi connectivity index (χ4n) is 2.38. The molecule has 0 aliphatic rings. The van der Waals surface area contributed by atoms with Gasteiger partial charge in [-0.05, 0) is 30.3 Å². The molecule has 1 heterocycles. The first-order valence-electron chi connectivity index (χ1n) is 8.49. The van der Waals surface area contributed by atoms with Gasteiger partial charge in [0.05, 0.1) is 18.6 Å². The van der Waals surface area contributed by atoms with Crippen molar-refractivity contribution in [1.29, 1.82) is 0 Å². The number of anilines is 1. The molecule has 1 aromatic heterocycles. The number of rotatable bonds is 8. The number of carbonyl (C=O) groups is 1. The molecule has 0 fully saturated rings. The molecule has 0 radical (unpaired) electrons. The maximum atomic E-state index is 13.8. The van der Waals surface area contributed by atoms with Crippen LogP contribution in [-0.4, -0.2) is 33.5 Å². The fourth-order valence-corrected chi connectivity index (χ4v) is 3.27. The van der Waals surface area contributed by atoms with Gasteiger partial charge in [0.25, 0.3) is 0 Å². The molecular formula is C19H18ClFN4O3S. The zero-order valence-corrected chi connectivity index (χ0v) is 17.3. The number of carbonyl (C=O) groups excluding carboxylic acids is 1. The van der Waals surface area contributed by atoms with Gasteiger partial charge >= 0.3 is 0 Å². The van der Waals surface area contributed by atoms with E-state index in [0.29, 0.717) is 22.5 Å². The third-order valence-corrected chi connectivity index (χ3v) is 5.14. The summed E-state index contributed by atoms with van der Waals surface area (Å²) >= 11 is 6.89. The average molecular weight is 437 g/mol. The van der Waals surface area contributed by atoms with E-state index >= 15 is 0 Å². The summed E-state index contributed by atoms with van der Waals surface area (Å²) in [7, 11) is 3.35. The minimum Gasteiger partial charge on any atom is -0.493 e. The molecule has 7 nitrogen and oxygen atoms in total. The summed E-state index contributed by atoms with van der Waals surface area (Å²) in [4.78, 5) is 12.1. The number of halogens is 2. The van der Waals surface area contributed by atoms with Gasteiger partial charge in [-0.2, -0.15) is 0 Å². The van der Waals surface area contributed by atoms with Crippen LogP contribution in [0.2, 0.25) is 5.02 Å². The predicted octanol–water partition coefficient (Wildman–Crippen LogP) is 3.93. The van der Waals surface area contributed by atoms with Crippen LogP contribution >= 0.6 is 23.4 Å². The first kappa shape index (κ1) is 20.9. The lowest BCUT2D eigenvalue weighted by atomic mass is 10.3. The standard InChI is InChI=1S/C19H18ClFN4O3S/c1-25-17(10-28-16-6-4-3-5-15(16)27-2)23-24-19(25)29-11-18(26)22-14-8-7-12(20)9-13(14)21/h3-9H,10-11H2,1-2H3,(H,22,26). The van der Waals surface area contributed by atoms with Crippen molar-refractivity contribution >= 4 is 35.0 Å². The van der Waals surface area contributed by atoms with Gasteiger partial charge in [-0.25, -0.2) is 4.39 Å². The van der Waals surface area contributed by atoms with E-state index in [1.165, 1.54) is 23.9 Å². The van der Waals surface area contributed by atoms with Crippen molar-refractivity contribution in [2.45, 2.75) is 11.8 Å². The molecule has 0 unspecified atom stereocenters. The van der Waals surface area contributed by atoms with E-state index in [4.69, 9.17) is 21.1 Å². The molecule has 0 atom stereocenters. The largest absolute Gasteiger partial charge is 0.493 e. The van der Waals surface area contributed by atoms with Gasteiger partial charge in [0.2, 0.25) is 5.91 Å². The first-order valence-corrected chi connectivity index (χ1v) is 9.86. The second kappa shape index (κ2) is 9.62. The van der Waals surface area contributed by atoms with Crippen LogP contribution < -0.4 is 14.8 Å². The fraction of sp³-hybridized carbons (Fsp3) is 0.211. The molecule has 29 heavy (non-hydrogen) atoms. The van der Waals surface area contributed by atoms with Crippen molar-refractivity contribution in [3.8, 4) is 11.5 Å². The highest BCUT2D eigenvalue weighted by atomic mass is 35.5. The van der Waals surface area contributed by atoms with E-state index in [1.54, 1.807) is 30.9 Å². The lowest BCUT2D eigenvalue weighted by Gasteiger charge is -2.10. The Morgan fingerprint density at radius 2 is 2.00 bits per heavy atom. The maximum absolute atomic E-state index is 13.8. The number of methoxy groups -OCH3 is 1. The molecule has 0 spiro atoms. The molecule has 3 aromatic rings. The van der Waals surface area contributed by atoms with Gasteiger partial charge in [0.15, 0.2) is 22.5 Å². The first-order chi connectivity index (χ1) is 14.0. The number of hydrogen-bond acceptors (Lipinski definition) is 6. The molecular weight excluding hydrogens is 419 g/mol. The molecule has 0 bridgehead atoms. The topological polar surface area (TPSA) is 78.3 Å². The van der Waals surface area contributed by atoms with Crippen LogP contribution in [0.3, 0.4) is 0 Å². The van der Waals surface area contributed by atoms with E-state index in [1.807, 2.05) is 12.1 Å². The predicted molar refractivity (Wildman–Crippen MR) is 109 cm³/mol. The number of nitrogens with zero attached hydrogens (tertiary/aromatic N) is 3. The summed E-state index contributed by atoms with van der Waals surface area (Å²) < 4.78 is 26.5. The van der Waals surface area contributed by atoms with Crippen molar-refractivity contribution in [2.24, 2.45) is 7.05 Å². The van der Waals surface area contributed by atoms with Crippen molar-refractivity contribution < 1.29 is 18.7 Å². The van der Waals surface area contributed by atoms with Crippen LogP contribution in [0.4, 0.5) is 10.1 Å². The summed E-state index contributed by atoms with van der Waals surface area (Å²) in [6.45, 7) is 0.187. The number of thioether (sulfide) groups is 1. The number of nitrogens with one attached hydrogen (secondary N) is 1. The molecule has 1 amide bonds. The number of ether oxygens (including phenoxy) is 2. The zero-order chi connectivity index (χ0) is 20.8. The normalized spacial score (nSPS) is 10.6. The molecule has 152 valence electrons. The summed E-state index contributed by atoms with van der Waals surface area (Å²) in [6, 6.07) is 11.4. The average Bonchev–Trinajstić information content (AvgIpc) is 3.06. The molecule has 3 rings (SSSR count). The highest BCUT2D eigenvalue weighted by molar-refractivity contribution is 7.99. The number of hydrogen-bond donors (Lipinski definition) is 1. The zero-order valence-electron chi connectivity index (χ0n) is 15.7. The van der Waals surface area contributed by atoms with E-state index in [2.05, 4.69) is 15.5 Å². The molecule has 2 aromatic carbocycles. The lowest BCUT2D eigenvalue weighted by molar-refractivity contribution is -0.113. The van der Waals surface area contributed by atoms with Gasteiger partial charge in [-0.1, -0.05) is 35.5 Å². The van der Waals surface area contributed by atoms with Crippen LogP contribution in [0.5, 0.6) is 11.5 Å². The van der Waals surface area contributed by atoms with Crippen molar-refractivity contribution in [1.82, 2.24) is 14.8 Å². The van der Waals surface area contributed by atoms with Crippen LogP contribution in [0.25, 0.3) is 0 Å². The van der Waals surface area contributed by atoms with E-state index in [9.17, 15) is 9.18 Å². The van der Waals surface area contributed by atoms with Gasteiger partial charge in [-0.3, -0.25) is 4.79 Å². The van der Waals surface area contributed by atoms with Crippen LogP contribution in [0.15, 0.2) is 47.6 Å². The van der Waals surface area contributed by atoms with Crippen LogP contribution in [0.1, 0.15) is 5.82 Å². The smallest absolute Gasteiger partial charge is 0.234 e. The number of amides is 1. The Bertz CT molecular complexity index is 1010. The van der Waals surface area contributed by atoms with Gasteiger partial charge in [0.1, 0.15) is 12.4 Å². The SMILES string of the molecule is COc1ccccc1OCc1nnc(SCC(=O)Nc2ccc(Cl)cc2F)n1C. The minimum absolute atomic E-state index is 0.0431. The number of aromatic nitrogens is 3. The Hall–Kier alpha value is -2.78. The summed E-state index contributed by atoms with van der Waals surface area (Å²) in [5.41, 5.74) is 0.0730. The van der Waals surface area contributed by atoms with Crippen molar-refractivity contribution in [2.75, 3.05) is 18.2 Å². The highest BCUT2D eigenvalue weighted by Crippen LogP contribution is 2.27. The Labute approximate surface area is 176 Å². The highest BCUT2D eigenvalue weighted by Gasteiger charge is 2.14. The molecule has 10 heteroatoms. The monoisotopic (exact) mass is 436 g/mol. The van der Waals surface area contributed by atoms with Crippen LogP contribution in [0, 0.1) is 5.82 Å². The molecule has 0 saturated heterocycles. The van der Waals surface area contributed by atoms with E-state index in [-0.39, 0.29) is 29.0 Å². The van der Waals surface area contributed by atoms with Crippen LogP contribution in [-0.2, 0) is 18.4 Å². The summed E-state index contributed by atoms with van der Waals surface area (Å²) in [6.07, 6.45) is 0. The quantitative estimate of drug-likeness (QED) is 0.539. The molecule has 0 aliphatic carbocycles. The van der Waals surface area contributed by atoms with E-state index < -0.39 is 5.82 Å². The van der Waals surface area contributed by atoms with Crippen molar-refractivity contribution in [3.05, 3.63) is 59.1 Å². The minimum atomic E-state index is -0.592. The Kier molecular flexibility index (Phi) is 6.95. The van der Waals surface area contributed by atoms with Crippen molar-refractivity contribution in [3.63, 3.8) is 0 Å².